The van der Waals surface area contributed by atoms with Crippen LogP contribution in [0.25, 0.3) is 0 Å². The molecule has 104 valence electrons. The molecule has 0 aliphatic carbocycles. The van der Waals surface area contributed by atoms with E-state index in [-0.39, 0.29) is 11.9 Å². The summed E-state index contributed by atoms with van der Waals surface area (Å²) in [6, 6.07) is -0.109. The molecule has 2 aromatic rings. The summed E-state index contributed by atoms with van der Waals surface area (Å²) < 4.78 is 5.93. The third-order valence-electron chi connectivity index (χ3n) is 3.12. The number of anilines is 1. The molecule has 0 unspecified atom stereocenters. The van der Waals surface area contributed by atoms with Gasteiger partial charge < -0.3 is 15.2 Å². The van der Waals surface area contributed by atoms with Crippen molar-refractivity contribution in [2.24, 2.45) is 5.73 Å². The van der Waals surface area contributed by atoms with Crippen molar-refractivity contribution < 1.29 is 9.32 Å². The zero-order valence-corrected chi connectivity index (χ0v) is 11.9. The maximum atomic E-state index is 11.0. The number of carbonyl (C=O) groups is 1. The number of halogens is 1. The molecule has 1 saturated heterocycles. The molecular formula is C11H11BrN6O2. The van der Waals surface area contributed by atoms with Gasteiger partial charge in [-0.15, -0.1) is 0 Å². The number of primary amides is 1. The predicted octanol–water partition coefficient (Wildman–Crippen LogP) is 1.06. The van der Waals surface area contributed by atoms with Crippen molar-refractivity contribution >= 4 is 27.7 Å². The number of nitrogens with two attached hydrogens (primary N) is 1. The maximum Gasteiger partial charge on any atom is 0.290 e. The molecule has 1 atom stereocenters. The summed E-state index contributed by atoms with van der Waals surface area (Å²) in [5.41, 5.74) is 5.13. The third-order valence-corrected chi connectivity index (χ3v) is 3.68. The molecule has 3 rings (SSSR count). The molecular weight excluding hydrogens is 328 g/mol. The minimum absolute atomic E-state index is 0.103. The first-order valence-electron chi connectivity index (χ1n) is 6.02. The van der Waals surface area contributed by atoms with E-state index in [2.05, 4.69) is 36.0 Å². The zero-order valence-electron chi connectivity index (χ0n) is 10.4. The first kappa shape index (κ1) is 13.0. The van der Waals surface area contributed by atoms with E-state index in [1.54, 1.807) is 6.20 Å². The number of carbonyl (C=O) groups excluding carboxylic acids is 1. The number of aromatic nitrogens is 4. The van der Waals surface area contributed by atoms with Crippen molar-refractivity contribution in [3.63, 3.8) is 0 Å². The summed E-state index contributed by atoms with van der Waals surface area (Å²) in [6.45, 7) is 0.814. The molecule has 1 aliphatic rings. The second-order valence-electron chi connectivity index (χ2n) is 4.37. The van der Waals surface area contributed by atoms with Crippen LogP contribution in [0.5, 0.6) is 0 Å². The van der Waals surface area contributed by atoms with Crippen molar-refractivity contribution in [3.8, 4) is 0 Å². The minimum Gasteiger partial charge on any atom is -0.363 e. The SMILES string of the molecule is NC(=O)c1noc([C@H]2CCCN2c2ncncc2Br)n1. The molecule has 8 nitrogen and oxygen atoms in total. The molecule has 20 heavy (non-hydrogen) atoms. The summed E-state index contributed by atoms with van der Waals surface area (Å²) in [6.07, 6.45) is 4.98. The summed E-state index contributed by atoms with van der Waals surface area (Å²) >= 11 is 3.43. The molecule has 1 fully saturated rings. The Hall–Kier alpha value is -2.03. The van der Waals surface area contributed by atoms with Crippen LogP contribution < -0.4 is 10.6 Å². The van der Waals surface area contributed by atoms with Crippen LogP contribution in [0.3, 0.4) is 0 Å². The maximum absolute atomic E-state index is 11.0. The average Bonchev–Trinajstić information content (AvgIpc) is 3.07. The Morgan fingerprint density at radius 1 is 1.55 bits per heavy atom. The Balaban J connectivity index is 1.92. The first-order valence-corrected chi connectivity index (χ1v) is 6.81. The predicted molar refractivity (Wildman–Crippen MR) is 71.9 cm³/mol. The summed E-state index contributed by atoms with van der Waals surface area (Å²) in [5, 5.41) is 3.58. The van der Waals surface area contributed by atoms with Crippen molar-refractivity contribution in [1.82, 2.24) is 20.1 Å². The van der Waals surface area contributed by atoms with Crippen LogP contribution in [0.1, 0.15) is 35.4 Å². The van der Waals surface area contributed by atoms with Gasteiger partial charge in [0.25, 0.3) is 11.7 Å². The van der Waals surface area contributed by atoms with Gasteiger partial charge in [-0.1, -0.05) is 5.16 Å². The molecule has 1 amide bonds. The summed E-state index contributed by atoms with van der Waals surface area (Å²) in [5.74, 6) is 0.338. The van der Waals surface area contributed by atoms with Gasteiger partial charge in [0.1, 0.15) is 18.2 Å². The highest BCUT2D eigenvalue weighted by Gasteiger charge is 2.33. The number of hydrogen-bond acceptors (Lipinski definition) is 7. The van der Waals surface area contributed by atoms with Crippen LogP contribution in [-0.4, -0.2) is 32.6 Å². The fourth-order valence-electron chi connectivity index (χ4n) is 2.27. The Kier molecular flexibility index (Phi) is 3.35. The van der Waals surface area contributed by atoms with Gasteiger partial charge in [-0.3, -0.25) is 4.79 Å². The van der Waals surface area contributed by atoms with Crippen LogP contribution in [-0.2, 0) is 0 Å². The van der Waals surface area contributed by atoms with E-state index in [9.17, 15) is 4.79 Å². The molecule has 0 radical (unpaired) electrons. The van der Waals surface area contributed by atoms with Gasteiger partial charge in [0.2, 0.25) is 5.89 Å². The lowest BCUT2D eigenvalue weighted by Crippen LogP contribution is -2.24. The van der Waals surface area contributed by atoms with E-state index in [1.165, 1.54) is 6.33 Å². The molecule has 1 aliphatic heterocycles. The smallest absolute Gasteiger partial charge is 0.290 e. The summed E-state index contributed by atoms with van der Waals surface area (Å²) in [4.78, 5) is 25.3. The highest BCUT2D eigenvalue weighted by Crippen LogP contribution is 2.37. The Morgan fingerprint density at radius 2 is 2.40 bits per heavy atom. The zero-order chi connectivity index (χ0) is 14.1. The van der Waals surface area contributed by atoms with Gasteiger partial charge in [0.15, 0.2) is 0 Å². The summed E-state index contributed by atoms with van der Waals surface area (Å²) in [7, 11) is 0. The normalized spacial score (nSPS) is 18.4. The van der Waals surface area contributed by atoms with E-state index in [1.807, 2.05) is 4.90 Å². The van der Waals surface area contributed by atoms with Gasteiger partial charge >= 0.3 is 0 Å². The molecule has 9 heteroatoms. The first-order chi connectivity index (χ1) is 9.66. The lowest BCUT2D eigenvalue weighted by atomic mass is 10.2. The van der Waals surface area contributed by atoms with E-state index >= 15 is 0 Å². The quantitative estimate of drug-likeness (QED) is 0.890. The van der Waals surface area contributed by atoms with Crippen molar-refractivity contribution in [3.05, 3.63) is 28.7 Å². The Morgan fingerprint density at radius 3 is 3.10 bits per heavy atom. The molecule has 2 N–H and O–H groups in total. The van der Waals surface area contributed by atoms with Gasteiger partial charge in [-0.25, -0.2) is 9.97 Å². The van der Waals surface area contributed by atoms with Gasteiger partial charge in [-0.05, 0) is 28.8 Å². The fraction of sp³-hybridized carbons (Fsp3) is 0.364. The fourth-order valence-corrected chi connectivity index (χ4v) is 2.71. The van der Waals surface area contributed by atoms with Crippen LogP contribution >= 0.6 is 15.9 Å². The molecule has 0 bridgehead atoms. The van der Waals surface area contributed by atoms with Gasteiger partial charge in [-0.2, -0.15) is 4.98 Å². The Bertz CT molecular complexity index is 645. The molecule has 0 spiro atoms. The molecule has 3 heterocycles. The van der Waals surface area contributed by atoms with Crippen LogP contribution in [0, 0.1) is 0 Å². The largest absolute Gasteiger partial charge is 0.363 e. The van der Waals surface area contributed by atoms with Crippen molar-refractivity contribution in [1.29, 1.82) is 0 Å². The molecule has 2 aromatic heterocycles. The standard InChI is InChI=1S/C11H11BrN6O2/c12-6-4-14-5-15-10(6)18-3-1-2-7(18)11-16-9(8(13)19)17-20-11/h4-5,7H,1-3H2,(H2,13,19)/t7-/m1/s1. The van der Waals surface area contributed by atoms with Crippen molar-refractivity contribution in [2.45, 2.75) is 18.9 Å². The minimum atomic E-state index is -0.701. The molecule has 0 saturated carbocycles. The lowest BCUT2D eigenvalue weighted by Gasteiger charge is -2.23. The average molecular weight is 339 g/mol. The van der Waals surface area contributed by atoms with E-state index < -0.39 is 5.91 Å². The third kappa shape index (κ3) is 2.24. The monoisotopic (exact) mass is 338 g/mol. The number of hydrogen-bond donors (Lipinski definition) is 1. The van der Waals surface area contributed by atoms with Crippen molar-refractivity contribution in [2.75, 3.05) is 11.4 Å². The second kappa shape index (κ2) is 5.16. The number of nitrogens with zero attached hydrogens (tertiary/aromatic N) is 5. The van der Waals surface area contributed by atoms with E-state index in [0.717, 1.165) is 29.7 Å². The topological polar surface area (TPSA) is 111 Å². The van der Waals surface area contributed by atoms with Crippen LogP contribution in [0.15, 0.2) is 21.5 Å². The van der Waals surface area contributed by atoms with Crippen LogP contribution in [0.4, 0.5) is 5.82 Å². The molecule has 0 aromatic carbocycles. The number of rotatable bonds is 3. The second-order valence-corrected chi connectivity index (χ2v) is 5.22. The highest BCUT2D eigenvalue weighted by atomic mass is 79.9. The van der Waals surface area contributed by atoms with Crippen LogP contribution in [0.2, 0.25) is 0 Å². The number of amides is 1. The van der Waals surface area contributed by atoms with Gasteiger partial charge in [0.05, 0.1) is 4.47 Å². The lowest BCUT2D eigenvalue weighted by molar-refractivity contribution is 0.0987. The van der Waals surface area contributed by atoms with E-state index in [4.69, 9.17) is 10.3 Å². The Labute approximate surface area is 122 Å². The van der Waals surface area contributed by atoms with Gasteiger partial charge in [0, 0.05) is 12.7 Å². The van der Waals surface area contributed by atoms with E-state index in [0.29, 0.717) is 5.89 Å². The highest BCUT2D eigenvalue weighted by molar-refractivity contribution is 9.10.